The minimum Gasteiger partial charge on any atom is -0.437 e. The zero-order chi connectivity index (χ0) is 22.9. The molecule has 35 heavy (non-hydrogen) atoms. The van der Waals surface area contributed by atoms with Crippen LogP contribution in [0.1, 0.15) is 0 Å². The Kier molecular flexibility index (Phi) is 3.57. The Labute approximate surface area is 198 Å². The van der Waals surface area contributed by atoms with E-state index in [1.54, 1.807) is 0 Å². The molecule has 0 bridgehead atoms. The average Bonchev–Trinajstić information content (AvgIpc) is 3.56. The summed E-state index contributed by atoms with van der Waals surface area (Å²) in [4.78, 5) is 15.0. The lowest BCUT2D eigenvalue weighted by molar-refractivity contribution is 0.651. The normalized spacial score (nSPS) is 12.0. The molecule has 8 aromatic rings. The summed E-state index contributed by atoms with van der Waals surface area (Å²) in [7, 11) is 0. The van der Waals surface area contributed by atoms with Gasteiger partial charge in [-0.3, -0.25) is 4.57 Å². The number of aromatic nitrogens is 5. The van der Waals surface area contributed by atoms with E-state index in [1.807, 2.05) is 84.9 Å². The van der Waals surface area contributed by atoms with Crippen molar-refractivity contribution in [3.05, 3.63) is 103 Å². The second-order valence-electron chi connectivity index (χ2n) is 8.58. The fraction of sp³-hybridized carbons (Fsp3) is 0. The molecule has 4 aromatic heterocycles. The third kappa shape index (κ3) is 2.50. The summed E-state index contributed by atoms with van der Waals surface area (Å²) in [5, 5.41) is 1.96. The third-order valence-corrected chi connectivity index (χ3v) is 6.55. The Morgan fingerprint density at radius 3 is 2.20 bits per heavy atom. The lowest BCUT2D eigenvalue weighted by atomic mass is 10.2. The van der Waals surface area contributed by atoms with Gasteiger partial charge in [0.15, 0.2) is 11.6 Å². The minimum absolute atomic E-state index is 0.670. The summed E-state index contributed by atoms with van der Waals surface area (Å²) < 4.78 is 10.6. The molecule has 0 aliphatic carbocycles. The summed E-state index contributed by atoms with van der Waals surface area (Å²) in [6.07, 6.45) is 0. The molecule has 0 aliphatic heterocycles. The number of hydrogen-bond acceptors (Lipinski definition) is 4. The van der Waals surface area contributed by atoms with E-state index in [9.17, 15) is 0 Å². The van der Waals surface area contributed by atoms with Gasteiger partial charge in [0.05, 0.1) is 16.6 Å². The molecule has 0 radical (unpaired) electrons. The van der Waals surface area contributed by atoms with Crippen LogP contribution in [0.3, 0.4) is 0 Å². The molecule has 0 amide bonds. The number of nitrogens with zero attached hydrogens (tertiary/aromatic N) is 5. The Hall–Kier alpha value is -4.97. The highest BCUT2D eigenvalue weighted by Crippen LogP contribution is 2.37. The summed E-state index contributed by atoms with van der Waals surface area (Å²) in [6.45, 7) is 0. The van der Waals surface area contributed by atoms with Crippen LogP contribution in [0.5, 0.6) is 0 Å². The van der Waals surface area contributed by atoms with E-state index in [0.717, 1.165) is 61.3 Å². The number of hydrogen-bond donors (Lipinski definition) is 0. The van der Waals surface area contributed by atoms with Crippen LogP contribution in [0.25, 0.3) is 67.1 Å². The standard InChI is InChI=1S/C29H17N5O/c1-2-10-18(11-3-1)26-30-21-14-6-4-12-19(21)27(32-26)34-25-20-13-5-9-17-24(20)35-28(25)33-23-16-8-7-15-22(23)31-29(33)34/h1-17H. The van der Waals surface area contributed by atoms with E-state index >= 15 is 0 Å². The van der Waals surface area contributed by atoms with Crippen molar-refractivity contribution < 1.29 is 4.42 Å². The van der Waals surface area contributed by atoms with Gasteiger partial charge in [-0.05, 0) is 36.4 Å². The molecule has 0 fully saturated rings. The minimum atomic E-state index is 0.670. The topological polar surface area (TPSA) is 61.2 Å². The van der Waals surface area contributed by atoms with Crippen LogP contribution in [-0.2, 0) is 0 Å². The van der Waals surface area contributed by atoms with Crippen molar-refractivity contribution >= 4 is 49.9 Å². The molecule has 0 saturated carbocycles. The van der Waals surface area contributed by atoms with E-state index in [2.05, 4.69) is 27.2 Å². The lowest BCUT2D eigenvalue weighted by Gasteiger charge is -2.10. The van der Waals surface area contributed by atoms with Crippen molar-refractivity contribution in [2.24, 2.45) is 0 Å². The van der Waals surface area contributed by atoms with Gasteiger partial charge >= 0.3 is 0 Å². The van der Waals surface area contributed by atoms with Gasteiger partial charge in [0.25, 0.3) is 0 Å². The fourth-order valence-electron chi connectivity index (χ4n) is 5.00. The number of imidazole rings is 2. The van der Waals surface area contributed by atoms with Crippen LogP contribution in [-0.4, -0.2) is 23.9 Å². The number of rotatable bonds is 2. The molecule has 6 nitrogen and oxygen atoms in total. The zero-order valence-corrected chi connectivity index (χ0v) is 18.5. The van der Waals surface area contributed by atoms with Gasteiger partial charge in [-0.1, -0.05) is 66.7 Å². The molecular formula is C29H17N5O. The van der Waals surface area contributed by atoms with Crippen molar-refractivity contribution in [2.45, 2.75) is 0 Å². The van der Waals surface area contributed by atoms with Crippen molar-refractivity contribution in [1.29, 1.82) is 0 Å². The molecule has 0 unspecified atom stereocenters. The molecule has 4 heterocycles. The second kappa shape index (κ2) is 6.77. The molecule has 4 aromatic carbocycles. The van der Waals surface area contributed by atoms with Crippen molar-refractivity contribution in [1.82, 2.24) is 23.9 Å². The molecule has 8 rings (SSSR count). The first kappa shape index (κ1) is 18.5. The first-order chi connectivity index (χ1) is 17.4. The quantitative estimate of drug-likeness (QED) is 0.290. The van der Waals surface area contributed by atoms with Crippen LogP contribution in [0.15, 0.2) is 108 Å². The van der Waals surface area contributed by atoms with Gasteiger partial charge in [0.2, 0.25) is 11.5 Å². The maximum absolute atomic E-state index is 6.42. The molecule has 0 spiro atoms. The van der Waals surface area contributed by atoms with Crippen LogP contribution < -0.4 is 0 Å². The van der Waals surface area contributed by atoms with E-state index < -0.39 is 0 Å². The Balaban J connectivity index is 1.61. The summed E-state index contributed by atoms with van der Waals surface area (Å²) >= 11 is 0. The first-order valence-corrected chi connectivity index (χ1v) is 11.5. The molecular weight excluding hydrogens is 434 g/mol. The molecule has 0 aliphatic rings. The number of furan rings is 1. The fourth-order valence-corrected chi connectivity index (χ4v) is 5.00. The predicted molar refractivity (Wildman–Crippen MR) is 138 cm³/mol. The van der Waals surface area contributed by atoms with E-state index in [0.29, 0.717) is 5.82 Å². The van der Waals surface area contributed by atoms with Crippen molar-refractivity contribution in [3.8, 4) is 17.2 Å². The molecule has 0 atom stereocenters. The van der Waals surface area contributed by atoms with Gasteiger partial charge in [0.1, 0.15) is 11.1 Å². The SMILES string of the molecule is c1ccc(-c2nc(-n3c4c5ccccc5oc4n4c5ccccc5nc34)c3ccccc3n2)cc1. The van der Waals surface area contributed by atoms with Crippen LogP contribution in [0.2, 0.25) is 0 Å². The highest BCUT2D eigenvalue weighted by Gasteiger charge is 2.25. The lowest BCUT2D eigenvalue weighted by Crippen LogP contribution is -2.03. The maximum atomic E-state index is 6.42. The summed E-state index contributed by atoms with van der Waals surface area (Å²) in [6, 6.07) is 34.4. The van der Waals surface area contributed by atoms with Gasteiger partial charge in [-0.15, -0.1) is 0 Å². The summed E-state index contributed by atoms with van der Waals surface area (Å²) in [5.41, 5.74) is 6.25. The molecule has 0 N–H and O–H groups in total. The van der Waals surface area contributed by atoms with Gasteiger partial charge in [0, 0.05) is 16.3 Å². The van der Waals surface area contributed by atoms with E-state index in [1.165, 1.54) is 0 Å². The van der Waals surface area contributed by atoms with Crippen molar-refractivity contribution in [3.63, 3.8) is 0 Å². The molecule has 0 saturated heterocycles. The third-order valence-electron chi connectivity index (χ3n) is 6.55. The van der Waals surface area contributed by atoms with E-state index in [4.69, 9.17) is 19.4 Å². The number of fused-ring (bicyclic) bond motifs is 8. The number of para-hydroxylation sites is 4. The van der Waals surface area contributed by atoms with Gasteiger partial charge in [-0.25, -0.2) is 19.4 Å². The average molecular weight is 451 g/mol. The monoisotopic (exact) mass is 451 g/mol. The van der Waals surface area contributed by atoms with Crippen LogP contribution >= 0.6 is 0 Å². The number of benzene rings is 4. The van der Waals surface area contributed by atoms with Gasteiger partial charge < -0.3 is 4.42 Å². The highest BCUT2D eigenvalue weighted by atomic mass is 16.3. The smallest absolute Gasteiger partial charge is 0.232 e. The van der Waals surface area contributed by atoms with E-state index in [-0.39, 0.29) is 0 Å². The predicted octanol–water partition coefficient (Wildman–Crippen LogP) is 6.79. The van der Waals surface area contributed by atoms with Crippen LogP contribution in [0.4, 0.5) is 0 Å². The second-order valence-corrected chi connectivity index (χ2v) is 8.58. The zero-order valence-electron chi connectivity index (χ0n) is 18.5. The van der Waals surface area contributed by atoms with Crippen LogP contribution in [0, 0.1) is 0 Å². The van der Waals surface area contributed by atoms with Gasteiger partial charge in [-0.2, -0.15) is 0 Å². The van der Waals surface area contributed by atoms with Crippen molar-refractivity contribution in [2.75, 3.05) is 0 Å². The Morgan fingerprint density at radius 2 is 1.31 bits per heavy atom. The highest BCUT2D eigenvalue weighted by molar-refractivity contribution is 6.07. The molecule has 6 heteroatoms. The molecule has 164 valence electrons. The largest absolute Gasteiger partial charge is 0.437 e. The Bertz CT molecular complexity index is 2060. The Morgan fingerprint density at radius 1 is 0.600 bits per heavy atom. The maximum Gasteiger partial charge on any atom is 0.232 e. The summed E-state index contributed by atoms with van der Waals surface area (Å²) in [5.74, 6) is 2.20. The first-order valence-electron chi connectivity index (χ1n) is 11.5.